The lowest BCUT2D eigenvalue weighted by molar-refractivity contribution is -0.154. The maximum Gasteiger partial charge on any atom is 0.389 e. The number of likely N-dealkylation sites (tertiary alicyclic amines) is 1. The summed E-state index contributed by atoms with van der Waals surface area (Å²) in [6.45, 7) is 14.8. The van der Waals surface area contributed by atoms with Crippen molar-refractivity contribution in [3.05, 3.63) is 0 Å². The molecule has 0 aromatic carbocycles. The number of nitrogens with zero attached hydrogens (tertiary/aromatic N) is 1. The van der Waals surface area contributed by atoms with Crippen LogP contribution in [0.2, 0.25) is 0 Å². The second-order valence-electron chi connectivity index (χ2n) is 15.0. The molecule has 0 radical (unpaired) electrons. The minimum absolute atomic E-state index is 0.0899. The first-order chi connectivity index (χ1) is 22.0. The van der Waals surface area contributed by atoms with Crippen LogP contribution in [0.5, 0.6) is 0 Å². The highest BCUT2D eigenvalue weighted by molar-refractivity contribution is 6.38. The van der Waals surface area contributed by atoms with Crippen molar-refractivity contribution in [3.8, 4) is 0 Å². The Morgan fingerprint density at radius 2 is 1.48 bits per heavy atom. The van der Waals surface area contributed by atoms with Crippen molar-refractivity contribution in [2.45, 2.75) is 118 Å². The molecule has 2 unspecified atom stereocenters. The van der Waals surface area contributed by atoms with Crippen LogP contribution in [0, 0.1) is 22.7 Å². The van der Waals surface area contributed by atoms with Gasteiger partial charge in [0.15, 0.2) is 0 Å². The molecule has 0 bridgehead atoms. The van der Waals surface area contributed by atoms with E-state index in [0.29, 0.717) is 19.4 Å². The number of amides is 5. The van der Waals surface area contributed by atoms with Crippen molar-refractivity contribution in [2.75, 3.05) is 26.8 Å². The zero-order valence-electron chi connectivity index (χ0n) is 29.3. The summed E-state index contributed by atoms with van der Waals surface area (Å²) < 4.78 is 50.0. The van der Waals surface area contributed by atoms with Gasteiger partial charge in [-0.1, -0.05) is 55.4 Å². The summed E-state index contributed by atoms with van der Waals surface area (Å²) in [5, 5.41) is 9.69. The lowest BCUT2D eigenvalue weighted by atomic mass is 9.84. The normalized spacial score (nSPS) is 22.0. The van der Waals surface area contributed by atoms with Gasteiger partial charge in [-0.25, -0.2) is 9.59 Å². The molecule has 4 N–H and O–H groups in total. The van der Waals surface area contributed by atoms with E-state index in [-0.39, 0.29) is 19.1 Å². The number of rotatable bonds is 12. The quantitative estimate of drug-likeness (QED) is 0.179. The lowest BCUT2D eigenvalue weighted by Crippen LogP contribution is -2.62. The van der Waals surface area contributed by atoms with Crippen LogP contribution in [0.15, 0.2) is 0 Å². The van der Waals surface area contributed by atoms with Crippen LogP contribution in [-0.2, 0) is 33.4 Å². The number of hydrogen-bond acceptors (Lipinski definition) is 8. The summed E-state index contributed by atoms with van der Waals surface area (Å²) in [5.41, 5.74) is -1.68. The maximum absolute atomic E-state index is 14.2. The summed E-state index contributed by atoms with van der Waals surface area (Å²) >= 11 is 0. The average Bonchev–Trinajstić information content (AvgIpc) is 3.64. The number of esters is 1. The van der Waals surface area contributed by atoms with Crippen molar-refractivity contribution in [1.29, 1.82) is 0 Å². The Balaban J connectivity index is 2.34. The first-order valence-corrected chi connectivity index (χ1v) is 16.3. The molecular formula is C32H52F3N5O8. The summed E-state index contributed by atoms with van der Waals surface area (Å²) in [6, 6.07) is -6.12. The molecule has 0 saturated carbocycles. The fourth-order valence-corrected chi connectivity index (χ4v) is 5.80. The predicted octanol–water partition coefficient (Wildman–Crippen LogP) is 2.46. The third-order valence-corrected chi connectivity index (χ3v) is 8.59. The molecule has 5 amide bonds. The predicted molar refractivity (Wildman–Crippen MR) is 168 cm³/mol. The lowest BCUT2D eigenvalue weighted by Gasteiger charge is -2.37. The van der Waals surface area contributed by atoms with Gasteiger partial charge in [-0.2, -0.15) is 13.2 Å². The Bertz CT molecular complexity index is 1190. The largest absolute Gasteiger partial charge is 0.458 e. The summed E-state index contributed by atoms with van der Waals surface area (Å²) in [5.74, 6) is -5.19. The van der Waals surface area contributed by atoms with Crippen LogP contribution in [-0.4, -0.2) is 104 Å². The average molecular weight is 692 g/mol. The standard InChI is InChI=1S/C32H52F3N5O8/c1-17(2)19-11-14-40(21(19)25(42)37-20(10-13-32(33,34)35)22(41)26(43)36-9)27(44)23(30(3,4)5)38-29(46)39-24(31(6,7)8)28(45)48-18-12-15-47-16-18/h17-21,23-24H,10-16H2,1-9H3,(H,36,43)(H,37,42)(H2,38,39,46)/t18?,19-,20?,21+,23-,24-/m1/s1. The van der Waals surface area contributed by atoms with Gasteiger partial charge in [0.05, 0.1) is 19.3 Å². The fraction of sp³-hybridized carbons (Fsp3) is 0.812. The third-order valence-electron chi connectivity index (χ3n) is 8.59. The minimum Gasteiger partial charge on any atom is -0.458 e. The molecule has 0 aliphatic carbocycles. The summed E-state index contributed by atoms with van der Waals surface area (Å²) in [4.78, 5) is 80.4. The Labute approximate surface area is 280 Å². The molecule has 0 aromatic rings. The van der Waals surface area contributed by atoms with E-state index in [9.17, 15) is 41.9 Å². The number of likely N-dealkylation sites (N-methyl/N-ethyl adjacent to an activating group) is 1. The zero-order chi connectivity index (χ0) is 36.8. The first kappa shape index (κ1) is 40.7. The van der Waals surface area contributed by atoms with Gasteiger partial charge in [0.1, 0.15) is 24.2 Å². The smallest absolute Gasteiger partial charge is 0.389 e. The van der Waals surface area contributed by atoms with Crippen molar-refractivity contribution in [3.63, 3.8) is 0 Å². The molecule has 48 heavy (non-hydrogen) atoms. The van der Waals surface area contributed by atoms with E-state index in [1.54, 1.807) is 41.5 Å². The van der Waals surface area contributed by atoms with Crippen LogP contribution in [0.3, 0.4) is 0 Å². The van der Waals surface area contributed by atoms with Gasteiger partial charge in [0.25, 0.3) is 5.91 Å². The van der Waals surface area contributed by atoms with Crippen LogP contribution in [0.4, 0.5) is 18.0 Å². The van der Waals surface area contributed by atoms with Crippen LogP contribution >= 0.6 is 0 Å². The number of nitrogens with one attached hydrogen (secondary N) is 4. The monoisotopic (exact) mass is 691 g/mol. The number of ketones is 1. The molecule has 0 spiro atoms. The van der Waals surface area contributed by atoms with E-state index in [2.05, 4.69) is 21.3 Å². The van der Waals surface area contributed by atoms with Gasteiger partial charge in [-0.15, -0.1) is 0 Å². The molecule has 2 heterocycles. The topological polar surface area (TPSA) is 172 Å². The van der Waals surface area contributed by atoms with Gasteiger partial charge in [-0.05, 0) is 35.5 Å². The van der Waals surface area contributed by atoms with Crippen molar-refractivity contribution in [2.24, 2.45) is 22.7 Å². The zero-order valence-corrected chi connectivity index (χ0v) is 29.3. The van der Waals surface area contributed by atoms with E-state index >= 15 is 0 Å². The molecule has 6 atom stereocenters. The van der Waals surface area contributed by atoms with Crippen LogP contribution in [0.1, 0.15) is 81.1 Å². The Hall–Kier alpha value is -3.43. The molecule has 0 aromatic heterocycles. The fourth-order valence-electron chi connectivity index (χ4n) is 5.80. The van der Waals surface area contributed by atoms with Gasteiger partial charge in [-0.3, -0.25) is 19.2 Å². The molecule has 2 aliphatic heterocycles. The van der Waals surface area contributed by atoms with Gasteiger partial charge < -0.3 is 35.6 Å². The Kier molecular flexibility index (Phi) is 13.8. The maximum atomic E-state index is 14.2. The van der Waals surface area contributed by atoms with Gasteiger partial charge in [0, 0.05) is 26.4 Å². The summed E-state index contributed by atoms with van der Waals surface area (Å²) in [6.07, 6.45) is -6.50. The SMILES string of the molecule is CNC(=O)C(=O)C(CCC(F)(F)F)NC(=O)[C@@H]1[C@@H](C(C)C)CCN1C(=O)[C@@H](NC(=O)N[C@H](C(=O)OC1CCOC1)C(C)(C)C)C(C)(C)C. The van der Waals surface area contributed by atoms with E-state index < -0.39 is 102 Å². The highest BCUT2D eigenvalue weighted by Crippen LogP contribution is 2.34. The number of Topliss-reactive ketones (excluding diaryl/α,β-unsaturated/α-hetero) is 1. The molecule has 274 valence electrons. The number of carbonyl (C=O) groups is 6. The molecule has 2 aliphatic rings. The van der Waals surface area contributed by atoms with E-state index in [1.807, 2.05) is 13.8 Å². The number of ether oxygens (including phenoxy) is 2. The second-order valence-corrected chi connectivity index (χ2v) is 15.0. The third kappa shape index (κ3) is 11.3. The van der Waals surface area contributed by atoms with Crippen molar-refractivity contribution < 1.29 is 51.4 Å². The number of alkyl halides is 3. The van der Waals surface area contributed by atoms with E-state index in [1.165, 1.54) is 4.90 Å². The highest BCUT2D eigenvalue weighted by atomic mass is 19.4. The highest BCUT2D eigenvalue weighted by Gasteiger charge is 2.48. The number of hydrogen-bond donors (Lipinski definition) is 4. The Morgan fingerprint density at radius 3 is 1.96 bits per heavy atom. The van der Waals surface area contributed by atoms with Crippen molar-refractivity contribution in [1.82, 2.24) is 26.2 Å². The second kappa shape index (κ2) is 16.3. The van der Waals surface area contributed by atoms with Crippen LogP contribution in [0.25, 0.3) is 0 Å². The molecular weight excluding hydrogens is 639 g/mol. The van der Waals surface area contributed by atoms with E-state index in [4.69, 9.17) is 9.47 Å². The van der Waals surface area contributed by atoms with Crippen LogP contribution < -0.4 is 21.3 Å². The number of carbonyl (C=O) groups excluding carboxylic acids is 6. The van der Waals surface area contributed by atoms with Gasteiger partial charge >= 0.3 is 18.2 Å². The minimum atomic E-state index is -4.65. The number of urea groups is 1. The van der Waals surface area contributed by atoms with Gasteiger partial charge in [0.2, 0.25) is 17.6 Å². The molecule has 2 fully saturated rings. The molecule has 2 saturated heterocycles. The van der Waals surface area contributed by atoms with Crippen molar-refractivity contribution >= 4 is 35.5 Å². The molecule has 16 heteroatoms. The summed E-state index contributed by atoms with van der Waals surface area (Å²) in [7, 11) is 1.14. The molecule has 2 rings (SSSR count). The van der Waals surface area contributed by atoms with E-state index in [0.717, 1.165) is 7.05 Å². The molecule has 13 nitrogen and oxygen atoms in total. The first-order valence-electron chi connectivity index (χ1n) is 16.3. The number of halogens is 3. The Morgan fingerprint density at radius 1 is 0.896 bits per heavy atom.